The summed E-state index contributed by atoms with van der Waals surface area (Å²) in [7, 11) is 0. The Hall–Kier alpha value is -0.0500. The third-order valence-corrected chi connectivity index (χ3v) is 4.30. The Balaban J connectivity index is 4.63. The summed E-state index contributed by atoms with van der Waals surface area (Å²) in [5.74, 6) is -0.0680. The summed E-state index contributed by atoms with van der Waals surface area (Å²) < 4.78 is 5.13. The van der Waals surface area contributed by atoms with Gasteiger partial charge in [-0.25, -0.2) is 0 Å². The summed E-state index contributed by atoms with van der Waals surface area (Å²) in [4.78, 5) is 11.9. The number of ether oxygens (including phenoxy) is 1. The minimum Gasteiger partial charge on any atom is -0.466 e. The van der Waals surface area contributed by atoms with E-state index >= 15 is 0 Å². The first-order chi connectivity index (χ1) is 6.81. The van der Waals surface area contributed by atoms with Crippen molar-refractivity contribution in [3.63, 3.8) is 0 Å². The van der Waals surface area contributed by atoms with Crippen molar-refractivity contribution in [2.24, 2.45) is 10.8 Å². The fourth-order valence-electron chi connectivity index (χ4n) is 1.75. The van der Waals surface area contributed by atoms with Crippen molar-refractivity contribution < 1.29 is 9.53 Å². The van der Waals surface area contributed by atoms with Gasteiger partial charge in [0, 0.05) is 5.33 Å². The number of hydrogen-bond acceptors (Lipinski definition) is 2. The zero-order chi connectivity index (χ0) is 12.1. The highest BCUT2D eigenvalue weighted by Crippen LogP contribution is 2.38. The van der Waals surface area contributed by atoms with Crippen LogP contribution in [0.4, 0.5) is 0 Å². The Morgan fingerprint density at radius 3 is 2.13 bits per heavy atom. The van der Waals surface area contributed by atoms with Gasteiger partial charge in [-0.3, -0.25) is 4.79 Å². The molecule has 0 aliphatic carbocycles. The second-order valence-electron chi connectivity index (χ2n) is 5.11. The molecule has 0 bridgehead atoms. The quantitative estimate of drug-likeness (QED) is 0.546. The monoisotopic (exact) mass is 278 g/mol. The predicted octanol–water partition coefficient (Wildman–Crippen LogP) is 3.78. The van der Waals surface area contributed by atoms with E-state index in [1.807, 2.05) is 20.8 Å². The van der Waals surface area contributed by atoms with E-state index in [0.29, 0.717) is 6.61 Å². The first kappa shape index (κ1) is 14.9. The average Bonchev–Trinajstić information content (AvgIpc) is 2.17. The number of halogens is 1. The fourth-order valence-corrected chi connectivity index (χ4v) is 1.95. The maximum Gasteiger partial charge on any atom is 0.311 e. The van der Waals surface area contributed by atoms with Gasteiger partial charge in [0.15, 0.2) is 0 Å². The van der Waals surface area contributed by atoms with E-state index < -0.39 is 0 Å². The average molecular weight is 279 g/mol. The number of alkyl halides is 1. The van der Waals surface area contributed by atoms with Crippen LogP contribution in [0.25, 0.3) is 0 Å². The van der Waals surface area contributed by atoms with Crippen molar-refractivity contribution in [3.8, 4) is 0 Å². The predicted molar refractivity (Wildman–Crippen MR) is 67.2 cm³/mol. The molecule has 2 nitrogen and oxygen atoms in total. The first-order valence-corrected chi connectivity index (χ1v) is 6.66. The second-order valence-corrected chi connectivity index (χ2v) is 5.67. The summed E-state index contributed by atoms with van der Waals surface area (Å²) in [5, 5.41) is 0.898. The van der Waals surface area contributed by atoms with Gasteiger partial charge in [-0.2, -0.15) is 0 Å². The molecule has 0 aromatic heterocycles. The van der Waals surface area contributed by atoms with Gasteiger partial charge in [0.1, 0.15) is 0 Å². The minimum atomic E-state index is -0.354. The van der Waals surface area contributed by atoms with Crippen LogP contribution in [0.3, 0.4) is 0 Å². The van der Waals surface area contributed by atoms with Crippen molar-refractivity contribution in [1.29, 1.82) is 0 Å². The van der Waals surface area contributed by atoms with Gasteiger partial charge >= 0.3 is 5.97 Å². The molecule has 0 rings (SSSR count). The van der Waals surface area contributed by atoms with Crippen LogP contribution in [-0.2, 0) is 9.53 Å². The molecule has 90 valence electrons. The van der Waals surface area contributed by atoms with Gasteiger partial charge in [0.05, 0.1) is 12.0 Å². The first-order valence-electron chi connectivity index (χ1n) is 5.54. The zero-order valence-corrected chi connectivity index (χ0v) is 12.1. The van der Waals surface area contributed by atoms with E-state index in [2.05, 4.69) is 29.8 Å². The summed E-state index contributed by atoms with van der Waals surface area (Å²) in [6.07, 6.45) is 1.67. The number of hydrogen-bond donors (Lipinski definition) is 0. The smallest absolute Gasteiger partial charge is 0.311 e. The maximum atomic E-state index is 11.9. The fraction of sp³-hybridized carbons (Fsp3) is 0.917. The normalized spacial score (nSPS) is 15.9. The molecule has 0 N–H and O–H groups in total. The minimum absolute atomic E-state index is 0.0680. The Morgan fingerprint density at radius 1 is 1.27 bits per heavy atom. The van der Waals surface area contributed by atoms with Crippen LogP contribution < -0.4 is 0 Å². The molecule has 1 atom stereocenters. The molecule has 1 unspecified atom stereocenters. The largest absolute Gasteiger partial charge is 0.466 e. The van der Waals surface area contributed by atoms with E-state index in [1.54, 1.807) is 0 Å². The van der Waals surface area contributed by atoms with Crippen LogP contribution in [0.1, 0.15) is 47.5 Å². The summed E-state index contributed by atoms with van der Waals surface area (Å²) >= 11 is 3.49. The van der Waals surface area contributed by atoms with Crippen molar-refractivity contribution in [2.75, 3.05) is 11.9 Å². The van der Waals surface area contributed by atoms with Crippen LogP contribution in [-0.4, -0.2) is 17.9 Å². The molecule has 0 amide bonds. The molecular weight excluding hydrogens is 256 g/mol. The highest BCUT2D eigenvalue weighted by atomic mass is 79.9. The van der Waals surface area contributed by atoms with Crippen molar-refractivity contribution in [3.05, 3.63) is 0 Å². The summed E-state index contributed by atoms with van der Waals surface area (Å²) in [6, 6.07) is 0. The Kier molecular flexibility index (Phi) is 5.86. The third kappa shape index (κ3) is 4.54. The highest BCUT2D eigenvalue weighted by molar-refractivity contribution is 9.09. The molecule has 0 fully saturated rings. The lowest BCUT2D eigenvalue weighted by Gasteiger charge is -2.34. The Morgan fingerprint density at radius 2 is 1.80 bits per heavy atom. The molecule has 0 saturated carbocycles. The van der Waals surface area contributed by atoms with Crippen molar-refractivity contribution in [2.45, 2.75) is 47.5 Å². The standard InChI is InChI=1S/C12H23BrO2/c1-6-12(5,10(14)15-7-2)8-11(3,4)9-13/h6-9H2,1-5H3. The topological polar surface area (TPSA) is 26.3 Å². The van der Waals surface area contributed by atoms with E-state index in [1.165, 1.54) is 0 Å². The van der Waals surface area contributed by atoms with Crippen LogP contribution >= 0.6 is 15.9 Å². The SMILES string of the molecule is CCOC(=O)C(C)(CC)CC(C)(C)CBr. The zero-order valence-electron chi connectivity index (χ0n) is 10.5. The highest BCUT2D eigenvalue weighted by Gasteiger charge is 2.38. The number of esters is 1. The molecule has 0 aromatic rings. The molecule has 15 heavy (non-hydrogen) atoms. The maximum absolute atomic E-state index is 11.9. The number of carbonyl (C=O) groups excluding carboxylic acids is 1. The van der Waals surface area contributed by atoms with Gasteiger partial charge in [0.25, 0.3) is 0 Å². The van der Waals surface area contributed by atoms with Crippen LogP contribution in [0.5, 0.6) is 0 Å². The molecule has 0 radical (unpaired) electrons. The lowest BCUT2D eigenvalue weighted by atomic mass is 9.73. The van der Waals surface area contributed by atoms with E-state index in [-0.39, 0.29) is 16.8 Å². The Labute approximate surface area is 102 Å². The van der Waals surface area contributed by atoms with E-state index in [0.717, 1.165) is 18.2 Å². The third-order valence-electron chi connectivity index (χ3n) is 2.78. The number of rotatable bonds is 6. The van der Waals surface area contributed by atoms with Crippen LogP contribution in [0.15, 0.2) is 0 Å². The molecule has 0 spiro atoms. The molecular formula is C12H23BrO2. The molecule has 0 heterocycles. The summed E-state index contributed by atoms with van der Waals surface area (Å²) in [6.45, 7) is 10.7. The molecule has 0 aliphatic rings. The van der Waals surface area contributed by atoms with Gasteiger partial charge in [0.2, 0.25) is 0 Å². The molecule has 0 aromatic carbocycles. The van der Waals surface area contributed by atoms with Gasteiger partial charge in [-0.15, -0.1) is 0 Å². The lowest BCUT2D eigenvalue weighted by molar-refractivity contribution is -0.156. The molecule has 0 aliphatic heterocycles. The van der Waals surface area contributed by atoms with Crippen molar-refractivity contribution >= 4 is 21.9 Å². The van der Waals surface area contributed by atoms with E-state index in [9.17, 15) is 4.79 Å². The van der Waals surface area contributed by atoms with E-state index in [4.69, 9.17) is 4.74 Å². The van der Waals surface area contributed by atoms with Gasteiger partial charge in [-0.05, 0) is 32.1 Å². The molecule has 3 heteroatoms. The second kappa shape index (κ2) is 5.88. The Bertz CT molecular complexity index is 214. The summed E-state index contributed by atoms with van der Waals surface area (Å²) in [5.41, 5.74) is -0.231. The van der Waals surface area contributed by atoms with Crippen molar-refractivity contribution in [1.82, 2.24) is 0 Å². The van der Waals surface area contributed by atoms with Gasteiger partial charge in [-0.1, -0.05) is 36.7 Å². The van der Waals surface area contributed by atoms with Crippen LogP contribution in [0.2, 0.25) is 0 Å². The lowest BCUT2D eigenvalue weighted by Crippen LogP contribution is -2.35. The van der Waals surface area contributed by atoms with Crippen LogP contribution in [0, 0.1) is 10.8 Å². The van der Waals surface area contributed by atoms with Gasteiger partial charge < -0.3 is 4.74 Å². The number of carbonyl (C=O) groups is 1. The molecule has 0 saturated heterocycles.